The molecule has 2 aromatic heterocycles. The van der Waals surface area contributed by atoms with Crippen molar-refractivity contribution in [3.05, 3.63) is 114 Å². The number of pyridine rings is 2. The van der Waals surface area contributed by atoms with Crippen LogP contribution in [0.25, 0.3) is 27.8 Å². The summed E-state index contributed by atoms with van der Waals surface area (Å²) in [5.74, 6) is 0.0817. The van der Waals surface area contributed by atoms with E-state index < -0.39 is 11.2 Å². The number of para-hydroxylation sites is 1. The van der Waals surface area contributed by atoms with E-state index in [9.17, 15) is 4.79 Å². The van der Waals surface area contributed by atoms with Gasteiger partial charge in [0.2, 0.25) is 0 Å². The first-order valence-corrected chi connectivity index (χ1v) is 10.8. The molecule has 0 unspecified atom stereocenters. The Labute approximate surface area is 202 Å². The van der Waals surface area contributed by atoms with E-state index >= 15 is 4.39 Å². The highest BCUT2D eigenvalue weighted by Crippen LogP contribution is 2.36. The van der Waals surface area contributed by atoms with Gasteiger partial charge in [-0.15, -0.1) is 0 Å². The van der Waals surface area contributed by atoms with Crippen molar-refractivity contribution < 1.29 is 13.9 Å². The van der Waals surface area contributed by atoms with Gasteiger partial charge in [-0.25, -0.2) is 4.39 Å². The number of hydrogen-bond donors (Lipinski definition) is 1. The lowest BCUT2D eigenvalue weighted by molar-refractivity contribution is 0.371. The number of hydrogen-bond acceptors (Lipinski definition) is 5. The first-order valence-electron chi connectivity index (χ1n) is 10.8. The second-order valence-corrected chi connectivity index (χ2v) is 7.49. The first-order chi connectivity index (χ1) is 17.0. The zero-order valence-electron chi connectivity index (χ0n) is 19.4. The van der Waals surface area contributed by atoms with Crippen molar-refractivity contribution in [2.45, 2.75) is 0 Å². The van der Waals surface area contributed by atoms with Crippen LogP contribution >= 0.6 is 0 Å². The zero-order valence-corrected chi connectivity index (χ0v) is 19.4. The van der Waals surface area contributed by atoms with Crippen molar-refractivity contribution in [2.75, 3.05) is 19.5 Å². The van der Waals surface area contributed by atoms with E-state index in [4.69, 9.17) is 9.47 Å². The van der Waals surface area contributed by atoms with Gasteiger partial charge < -0.3 is 14.8 Å². The quantitative estimate of drug-likeness (QED) is 0.327. The van der Waals surface area contributed by atoms with Gasteiger partial charge in [0.1, 0.15) is 11.6 Å². The molecule has 0 aliphatic carbocycles. The topological polar surface area (TPSA) is 65.4 Å². The van der Waals surface area contributed by atoms with Crippen molar-refractivity contribution in [3.63, 3.8) is 0 Å². The lowest BCUT2D eigenvalue weighted by Gasteiger charge is -2.20. The van der Waals surface area contributed by atoms with Crippen molar-refractivity contribution in [2.24, 2.45) is 0 Å². The van der Waals surface area contributed by atoms with E-state index in [1.807, 2.05) is 30.3 Å². The van der Waals surface area contributed by atoms with Crippen LogP contribution in [0.4, 0.5) is 10.2 Å². The summed E-state index contributed by atoms with van der Waals surface area (Å²) < 4.78 is 27.9. The third-order valence-corrected chi connectivity index (χ3v) is 5.43. The van der Waals surface area contributed by atoms with E-state index in [-0.39, 0.29) is 22.5 Å². The average Bonchev–Trinajstić information content (AvgIpc) is 2.89. The fourth-order valence-corrected chi connectivity index (χ4v) is 3.83. The highest BCUT2D eigenvalue weighted by molar-refractivity contribution is 5.95. The van der Waals surface area contributed by atoms with E-state index in [2.05, 4.69) is 23.5 Å². The van der Waals surface area contributed by atoms with Crippen LogP contribution in [-0.2, 0) is 0 Å². The largest absolute Gasteiger partial charge is 0.497 e. The number of nitrogens with zero attached hydrogens (tertiary/aromatic N) is 2. The molecule has 4 aromatic rings. The van der Waals surface area contributed by atoms with Gasteiger partial charge in [-0.2, -0.15) is 4.98 Å². The van der Waals surface area contributed by atoms with Crippen LogP contribution in [0.5, 0.6) is 11.6 Å². The summed E-state index contributed by atoms with van der Waals surface area (Å²) in [5, 5.41) is 3.32. The minimum atomic E-state index is -0.721. The Morgan fingerprint density at radius 2 is 1.77 bits per heavy atom. The van der Waals surface area contributed by atoms with Crippen LogP contribution in [0.3, 0.4) is 0 Å². The van der Waals surface area contributed by atoms with E-state index in [1.165, 1.54) is 13.2 Å². The Kier molecular flexibility index (Phi) is 6.78. The first kappa shape index (κ1) is 23.5. The summed E-state index contributed by atoms with van der Waals surface area (Å²) >= 11 is 0. The molecule has 176 valence electrons. The molecule has 1 N–H and O–H groups in total. The lowest BCUT2D eigenvalue weighted by atomic mass is 10.0. The maximum atomic E-state index is 15.6. The lowest BCUT2D eigenvalue weighted by Crippen LogP contribution is -2.17. The standard InChI is InChI=1S/C28H24FN3O3/c1-5-10-19(6-2)30-23-17-22(33)25-24(18-13-15-21(34-3)16-14-18)26(29)28(35-4)31-27(25)32(23)20-11-8-7-9-12-20/h5-17,30H,1-2H2,3-4H3/b19-10+. The van der Waals surface area contributed by atoms with Crippen molar-refractivity contribution >= 4 is 16.9 Å². The molecule has 6 nitrogen and oxygen atoms in total. The molecule has 0 atom stereocenters. The minimum absolute atomic E-state index is 0.0984. The number of allylic oxidation sites excluding steroid dienone is 3. The number of aromatic nitrogens is 2. The summed E-state index contributed by atoms with van der Waals surface area (Å²) in [6.07, 6.45) is 4.93. The van der Waals surface area contributed by atoms with Gasteiger partial charge in [-0.3, -0.25) is 9.36 Å². The van der Waals surface area contributed by atoms with Crippen LogP contribution in [0.1, 0.15) is 0 Å². The highest BCUT2D eigenvalue weighted by Gasteiger charge is 2.23. The fourth-order valence-electron chi connectivity index (χ4n) is 3.83. The average molecular weight is 470 g/mol. The predicted molar refractivity (Wildman–Crippen MR) is 138 cm³/mol. The molecule has 2 heterocycles. The SMILES string of the molecule is C=C/C=C(\C=C)Nc1cc(=O)c2c(-c3ccc(OC)cc3)c(F)c(OC)nc2n1-c1ccccc1. The second-order valence-electron chi connectivity index (χ2n) is 7.49. The molecule has 0 bridgehead atoms. The van der Waals surface area contributed by atoms with Gasteiger partial charge in [0, 0.05) is 23.0 Å². The number of benzene rings is 2. The number of halogens is 1. The molecule has 0 fully saturated rings. The van der Waals surface area contributed by atoms with Crippen molar-refractivity contribution in [1.82, 2.24) is 9.55 Å². The molecule has 4 rings (SSSR count). The fraction of sp³-hybridized carbons (Fsp3) is 0.0714. The third-order valence-electron chi connectivity index (χ3n) is 5.43. The Morgan fingerprint density at radius 1 is 1.06 bits per heavy atom. The van der Waals surface area contributed by atoms with Crippen LogP contribution in [0.2, 0.25) is 0 Å². The Hall–Kier alpha value is -4.65. The minimum Gasteiger partial charge on any atom is -0.497 e. The maximum Gasteiger partial charge on any atom is 0.252 e. The highest BCUT2D eigenvalue weighted by atomic mass is 19.1. The Morgan fingerprint density at radius 3 is 2.37 bits per heavy atom. The summed E-state index contributed by atoms with van der Waals surface area (Å²) in [5.41, 5.74) is 1.75. The van der Waals surface area contributed by atoms with Crippen molar-refractivity contribution in [1.29, 1.82) is 0 Å². The van der Waals surface area contributed by atoms with Gasteiger partial charge in [0.25, 0.3) is 5.88 Å². The molecular formula is C28H24FN3O3. The number of fused-ring (bicyclic) bond motifs is 1. The number of nitrogens with one attached hydrogen (secondary N) is 1. The van der Waals surface area contributed by atoms with Crippen LogP contribution in [-0.4, -0.2) is 23.8 Å². The number of methoxy groups -OCH3 is 2. The molecular weight excluding hydrogens is 445 g/mol. The van der Waals surface area contributed by atoms with E-state index in [0.717, 1.165) is 0 Å². The Bertz CT molecular complexity index is 1490. The zero-order chi connectivity index (χ0) is 24.9. The molecule has 0 spiro atoms. The molecule has 0 aliphatic heterocycles. The molecule has 0 radical (unpaired) electrons. The normalized spacial score (nSPS) is 11.2. The summed E-state index contributed by atoms with van der Waals surface area (Å²) in [6, 6.07) is 17.5. The van der Waals surface area contributed by atoms with Crippen LogP contribution in [0.15, 0.2) is 103 Å². The summed E-state index contributed by atoms with van der Waals surface area (Å²) in [7, 11) is 2.89. The molecule has 0 saturated heterocycles. The molecule has 0 saturated carbocycles. The van der Waals surface area contributed by atoms with E-state index in [0.29, 0.717) is 28.5 Å². The second kappa shape index (κ2) is 10.1. The van der Waals surface area contributed by atoms with Gasteiger partial charge in [-0.05, 0) is 42.0 Å². The summed E-state index contributed by atoms with van der Waals surface area (Å²) in [6.45, 7) is 7.52. The summed E-state index contributed by atoms with van der Waals surface area (Å²) in [4.78, 5) is 17.9. The van der Waals surface area contributed by atoms with Gasteiger partial charge >= 0.3 is 0 Å². The maximum absolute atomic E-state index is 15.6. The molecule has 7 heteroatoms. The Balaban J connectivity index is 2.14. The molecule has 0 amide bonds. The van der Waals surface area contributed by atoms with Crippen LogP contribution < -0.4 is 20.2 Å². The number of ether oxygens (including phenoxy) is 2. The van der Waals surface area contributed by atoms with Crippen LogP contribution in [0, 0.1) is 5.82 Å². The van der Waals surface area contributed by atoms with Gasteiger partial charge in [0.05, 0.1) is 19.6 Å². The van der Waals surface area contributed by atoms with Gasteiger partial charge in [0.15, 0.2) is 16.9 Å². The monoisotopic (exact) mass is 469 g/mol. The molecule has 2 aromatic carbocycles. The van der Waals surface area contributed by atoms with Crippen molar-refractivity contribution in [3.8, 4) is 28.4 Å². The van der Waals surface area contributed by atoms with Gasteiger partial charge in [-0.1, -0.05) is 49.6 Å². The van der Waals surface area contributed by atoms with E-state index in [1.54, 1.807) is 54.2 Å². The third kappa shape index (κ3) is 4.44. The predicted octanol–water partition coefficient (Wildman–Crippen LogP) is 5.88. The number of anilines is 1. The number of rotatable bonds is 8. The molecule has 35 heavy (non-hydrogen) atoms. The smallest absolute Gasteiger partial charge is 0.252 e. The molecule has 0 aliphatic rings.